The maximum atomic E-state index is 12.2. The van der Waals surface area contributed by atoms with Gasteiger partial charge in [-0.3, -0.25) is 9.69 Å². The van der Waals surface area contributed by atoms with Crippen molar-refractivity contribution < 1.29 is 9.90 Å². The monoisotopic (exact) mass is 263 g/mol. The van der Waals surface area contributed by atoms with Crippen molar-refractivity contribution in [1.82, 2.24) is 4.90 Å². The van der Waals surface area contributed by atoms with E-state index in [4.69, 9.17) is 5.73 Å². The van der Waals surface area contributed by atoms with Crippen LogP contribution in [0, 0.1) is 0 Å². The van der Waals surface area contributed by atoms with Crippen LogP contribution in [0.1, 0.15) is 12.8 Å². The number of benzene rings is 1. The number of anilines is 2. The molecule has 1 aromatic carbocycles. The average molecular weight is 263 g/mol. The lowest BCUT2D eigenvalue weighted by molar-refractivity contribution is -0.119. The Labute approximate surface area is 113 Å². The molecule has 1 aromatic rings. The van der Waals surface area contributed by atoms with E-state index in [2.05, 4.69) is 4.90 Å². The fraction of sp³-hybridized carbons (Fsp3) is 0.500. The molecule has 1 saturated heterocycles. The summed E-state index contributed by atoms with van der Waals surface area (Å²) in [4.78, 5) is 15.9. The highest BCUT2D eigenvalue weighted by Crippen LogP contribution is 2.18. The van der Waals surface area contributed by atoms with Crippen molar-refractivity contribution >= 4 is 17.3 Å². The molecule has 1 atom stereocenters. The van der Waals surface area contributed by atoms with Crippen molar-refractivity contribution in [3.8, 4) is 0 Å². The summed E-state index contributed by atoms with van der Waals surface area (Å²) in [7, 11) is 1.76. The summed E-state index contributed by atoms with van der Waals surface area (Å²) in [6.07, 6.45) is 2.01. The van der Waals surface area contributed by atoms with Crippen molar-refractivity contribution in [1.29, 1.82) is 0 Å². The van der Waals surface area contributed by atoms with Gasteiger partial charge in [0.25, 0.3) is 0 Å². The van der Waals surface area contributed by atoms with Gasteiger partial charge >= 0.3 is 0 Å². The predicted octanol–water partition coefficient (Wildman–Crippen LogP) is 0.688. The third-order valence-corrected chi connectivity index (χ3v) is 3.70. The number of carbonyl (C=O) groups excluding carboxylic acids is 1. The van der Waals surface area contributed by atoms with Gasteiger partial charge in [0.05, 0.1) is 13.2 Å². The summed E-state index contributed by atoms with van der Waals surface area (Å²) >= 11 is 0. The molecule has 0 spiro atoms. The second-order valence-corrected chi connectivity index (χ2v) is 4.99. The zero-order valence-corrected chi connectivity index (χ0v) is 11.2. The number of nitrogen functional groups attached to an aromatic ring is 1. The van der Waals surface area contributed by atoms with E-state index in [0.717, 1.165) is 25.1 Å². The Morgan fingerprint density at radius 3 is 2.79 bits per heavy atom. The molecule has 0 aromatic heterocycles. The molecule has 1 aliphatic heterocycles. The molecule has 0 bridgehead atoms. The number of nitrogens with two attached hydrogens (primary N) is 1. The first kappa shape index (κ1) is 13.8. The van der Waals surface area contributed by atoms with Gasteiger partial charge in [-0.2, -0.15) is 0 Å². The fourth-order valence-corrected chi connectivity index (χ4v) is 2.43. The molecule has 1 fully saturated rings. The van der Waals surface area contributed by atoms with Gasteiger partial charge in [-0.15, -0.1) is 0 Å². The normalized spacial score (nSPS) is 19.6. The molecular formula is C14H21N3O2. The third kappa shape index (κ3) is 3.24. The lowest BCUT2D eigenvalue weighted by atomic mass is 10.2. The van der Waals surface area contributed by atoms with Crippen LogP contribution in [0.5, 0.6) is 0 Å². The molecule has 3 N–H and O–H groups in total. The van der Waals surface area contributed by atoms with Crippen molar-refractivity contribution in [3.63, 3.8) is 0 Å². The second-order valence-electron chi connectivity index (χ2n) is 4.99. The minimum Gasteiger partial charge on any atom is -0.399 e. The molecular weight excluding hydrogens is 242 g/mol. The van der Waals surface area contributed by atoms with Crippen molar-refractivity contribution in [2.24, 2.45) is 0 Å². The molecule has 1 unspecified atom stereocenters. The van der Waals surface area contributed by atoms with Crippen LogP contribution in [-0.2, 0) is 4.79 Å². The number of rotatable bonds is 4. The van der Waals surface area contributed by atoms with E-state index < -0.39 is 0 Å². The summed E-state index contributed by atoms with van der Waals surface area (Å²) < 4.78 is 0. The number of hydrogen-bond donors (Lipinski definition) is 2. The molecule has 1 amide bonds. The van der Waals surface area contributed by atoms with Crippen LogP contribution in [0.2, 0.25) is 0 Å². The van der Waals surface area contributed by atoms with Crippen LogP contribution >= 0.6 is 0 Å². The van der Waals surface area contributed by atoms with Crippen LogP contribution in [0.3, 0.4) is 0 Å². The Kier molecular flexibility index (Phi) is 4.39. The lowest BCUT2D eigenvalue weighted by Gasteiger charge is -2.25. The number of aliphatic hydroxyl groups excluding tert-OH is 1. The Hall–Kier alpha value is -1.59. The standard InChI is InChI=1S/C14H21N3O2/c1-16(12-6-4-11(15)5-7-12)14(19)9-17-8-2-3-13(17)10-18/h4-7,13,18H,2-3,8-10,15H2,1H3. The second kappa shape index (κ2) is 6.04. The first-order chi connectivity index (χ1) is 9.11. The maximum absolute atomic E-state index is 12.2. The first-order valence-electron chi connectivity index (χ1n) is 6.59. The number of nitrogens with zero attached hydrogens (tertiary/aromatic N) is 2. The van der Waals surface area contributed by atoms with Gasteiger partial charge in [0.15, 0.2) is 0 Å². The minimum absolute atomic E-state index is 0.0325. The van der Waals surface area contributed by atoms with Gasteiger partial charge in [0, 0.05) is 24.5 Å². The van der Waals surface area contributed by atoms with Crippen LogP contribution in [0.15, 0.2) is 24.3 Å². The van der Waals surface area contributed by atoms with Crippen molar-refractivity contribution in [2.45, 2.75) is 18.9 Å². The van der Waals surface area contributed by atoms with Gasteiger partial charge < -0.3 is 15.7 Å². The maximum Gasteiger partial charge on any atom is 0.240 e. The topological polar surface area (TPSA) is 69.8 Å². The summed E-state index contributed by atoms with van der Waals surface area (Å²) in [6.45, 7) is 1.36. The number of carbonyl (C=O) groups is 1. The van der Waals surface area contributed by atoms with Crippen LogP contribution in [0.4, 0.5) is 11.4 Å². The molecule has 5 nitrogen and oxygen atoms in total. The van der Waals surface area contributed by atoms with Crippen LogP contribution in [0.25, 0.3) is 0 Å². The zero-order valence-electron chi connectivity index (χ0n) is 11.2. The molecule has 104 valence electrons. The number of amides is 1. The lowest BCUT2D eigenvalue weighted by Crippen LogP contribution is -2.41. The number of likely N-dealkylation sites (N-methyl/N-ethyl adjacent to an activating group) is 1. The van der Waals surface area contributed by atoms with Crippen molar-refractivity contribution in [2.75, 3.05) is 37.4 Å². The number of likely N-dealkylation sites (tertiary alicyclic amines) is 1. The van der Waals surface area contributed by atoms with Gasteiger partial charge in [-0.1, -0.05) is 0 Å². The van der Waals surface area contributed by atoms with Gasteiger partial charge in [-0.05, 0) is 43.7 Å². The smallest absolute Gasteiger partial charge is 0.240 e. The molecule has 0 aliphatic carbocycles. The van der Waals surface area contributed by atoms with E-state index in [-0.39, 0.29) is 18.6 Å². The van der Waals surface area contributed by atoms with E-state index in [1.54, 1.807) is 24.1 Å². The van der Waals surface area contributed by atoms with Crippen LogP contribution in [-0.4, -0.2) is 48.7 Å². The number of aliphatic hydroxyl groups is 1. The van der Waals surface area contributed by atoms with Gasteiger partial charge in [0.1, 0.15) is 0 Å². The van der Waals surface area contributed by atoms with E-state index in [9.17, 15) is 9.90 Å². The predicted molar refractivity (Wildman–Crippen MR) is 75.9 cm³/mol. The molecule has 2 rings (SSSR count). The van der Waals surface area contributed by atoms with Crippen LogP contribution < -0.4 is 10.6 Å². The first-order valence-corrected chi connectivity index (χ1v) is 6.59. The number of hydrogen-bond acceptors (Lipinski definition) is 4. The van der Waals surface area contributed by atoms with E-state index in [1.807, 2.05) is 12.1 Å². The third-order valence-electron chi connectivity index (χ3n) is 3.70. The summed E-state index contributed by atoms with van der Waals surface area (Å²) in [5.41, 5.74) is 7.15. The molecule has 5 heteroatoms. The highest BCUT2D eigenvalue weighted by atomic mass is 16.3. The molecule has 1 heterocycles. The SMILES string of the molecule is CN(C(=O)CN1CCCC1CO)c1ccc(N)cc1. The molecule has 19 heavy (non-hydrogen) atoms. The molecule has 0 saturated carbocycles. The van der Waals surface area contributed by atoms with Crippen molar-refractivity contribution in [3.05, 3.63) is 24.3 Å². The van der Waals surface area contributed by atoms with Gasteiger partial charge in [0.2, 0.25) is 5.91 Å². The average Bonchev–Trinajstić information content (AvgIpc) is 2.86. The summed E-state index contributed by atoms with van der Waals surface area (Å²) in [5.74, 6) is 0.0325. The highest BCUT2D eigenvalue weighted by molar-refractivity contribution is 5.94. The highest BCUT2D eigenvalue weighted by Gasteiger charge is 2.26. The van der Waals surface area contributed by atoms with E-state index in [1.165, 1.54) is 0 Å². The zero-order chi connectivity index (χ0) is 13.8. The molecule has 0 radical (unpaired) electrons. The largest absolute Gasteiger partial charge is 0.399 e. The quantitative estimate of drug-likeness (QED) is 0.784. The van der Waals surface area contributed by atoms with E-state index >= 15 is 0 Å². The Morgan fingerprint density at radius 1 is 1.47 bits per heavy atom. The minimum atomic E-state index is 0.0325. The fourth-order valence-electron chi connectivity index (χ4n) is 2.43. The van der Waals surface area contributed by atoms with E-state index in [0.29, 0.717) is 12.2 Å². The Balaban J connectivity index is 1.97. The Bertz CT molecular complexity index is 433. The molecule has 1 aliphatic rings. The summed E-state index contributed by atoms with van der Waals surface area (Å²) in [5, 5.41) is 9.26. The Morgan fingerprint density at radius 2 is 2.16 bits per heavy atom. The van der Waals surface area contributed by atoms with Gasteiger partial charge in [-0.25, -0.2) is 0 Å². The summed E-state index contributed by atoms with van der Waals surface area (Å²) in [6, 6.07) is 7.36.